The highest BCUT2D eigenvalue weighted by atomic mass is 16.5. The Morgan fingerprint density at radius 2 is 2.04 bits per heavy atom. The predicted molar refractivity (Wildman–Crippen MR) is 99.6 cm³/mol. The second kappa shape index (κ2) is 7.62. The minimum absolute atomic E-state index is 0.0589. The van der Waals surface area contributed by atoms with Crippen molar-refractivity contribution in [3.8, 4) is 5.97 Å². The largest absolute Gasteiger partial charge is 0.469 e. The molecule has 1 unspecified atom stereocenters. The minimum atomic E-state index is -0.0657. The molecule has 2 fully saturated rings. The standard InChI is InChI=1S/C20H27BN2O2/c1-14-10-17(18-11-21(12-18)13-22)4-5-19(14)15(2)23-8-6-16(7-9-23)20(24)25-3/h4-5,10,15-16,18H,6-9,11-12H2,1-3H3. The van der Waals surface area contributed by atoms with Gasteiger partial charge in [0.2, 0.25) is 0 Å². The lowest BCUT2D eigenvalue weighted by atomic mass is 9.32. The van der Waals surface area contributed by atoms with Crippen LogP contribution in [0.4, 0.5) is 0 Å². The van der Waals surface area contributed by atoms with Crippen molar-refractivity contribution in [3.05, 3.63) is 34.9 Å². The summed E-state index contributed by atoms with van der Waals surface area (Å²) < 4.78 is 4.88. The first kappa shape index (κ1) is 18.0. The molecule has 0 bridgehead atoms. The Bertz CT molecular complexity index is 671. The molecule has 2 heterocycles. The van der Waals surface area contributed by atoms with Crippen molar-refractivity contribution in [2.24, 2.45) is 5.92 Å². The second-order valence-electron chi connectivity index (χ2n) is 7.62. The Labute approximate surface area is 151 Å². The average Bonchev–Trinajstić information content (AvgIpc) is 2.60. The van der Waals surface area contributed by atoms with Gasteiger partial charge in [0, 0.05) is 12.0 Å². The van der Waals surface area contributed by atoms with Crippen LogP contribution in [0.1, 0.15) is 48.4 Å². The molecule has 0 amide bonds. The number of esters is 1. The Balaban J connectivity index is 1.62. The van der Waals surface area contributed by atoms with Crippen molar-refractivity contribution in [2.75, 3.05) is 20.2 Å². The van der Waals surface area contributed by atoms with E-state index in [0.29, 0.717) is 12.0 Å². The summed E-state index contributed by atoms with van der Waals surface area (Å²) in [5, 5.41) is 8.95. The van der Waals surface area contributed by atoms with Gasteiger partial charge < -0.3 is 4.74 Å². The van der Waals surface area contributed by atoms with Crippen molar-refractivity contribution in [2.45, 2.75) is 51.3 Å². The normalized spacial score (nSPS) is 20.6. The van der Waals surface area contributed by atoms with E-state index in [2.05, 4.69) is 42.9 Å². The number of hydrogen-bond acceptors (Lipinski definition) is 4. The maximum Gasteiger partial charge on any atom is 0.308 e. The van der Waals surface area contributed by atoms with Gasteiger partial charge in [-0.1, -0.05) is 30.8 Å². The fourth-order valence-corrected chi connectivity index (χ4v) is 4.30. The molecule has 3 rings (SSSR count). The van der Waals surface area contributed by atoms with Crippen molar-refractivity contribution < 1.29 is 9.53 Å². The molecular weight excluding hydrogens is 311 g/mol. The van der Waals surface area contributed by atoms with Crippen LogP contribution in [-0.2, 0) is 9.53 Å². The summed E-state index contributed by atoms with van der Waals surface area (Å²) in [6.45, 7) is 6.58. The third-order valence-electron chi connectivity index (χ3n) is 6.15. The zero-order valence-electron chi connectivity index (χ0n) is 15.5. The Morgan fingerprint density at radius 1 is 1.36 bits per heavy atom. The zero-order valence-corrected chi connectivity index (χ0v) is 15.5. The summed E-state index contributed by atoms with van der Waals surface area (Å²) >= 11 is 0. The van der Waals surface area contributed by atoms with Crippen molar-refractivity contribution >= 4 is 12.7 Å². The number of benzene rings is 1. The summed E-state index contributed by atoms with van der Waals surface area (Å²) in [5.41, 5.74) is 4.08. The second-order valence-corrected chi connectivity index (χ2v) is 7.62. The van der Waals surface area contributed by atoms with E-state index in [4.69, 9.17) is 10.00 Å². The lowest BCUT2D eigenvalue weighted by molar-refractivity contribution is -0.147. The van der Waals surface area contributed by atoms with Gasteiger partial charge in [-0.3, -0.25) is 9.69 Å². The number of nitrogens with zero attached hydrogens (tertiary/aromatic N) is 2. The Hall–Kier alpha value is -1.80. The quantitative estimate of drug-likeness (QED) is 0.622. The molecule has 4 nitrogen and oxygen atoms in total. The number of rotatable bonds is 4. The summed E-state index contributed by atoms with van der Waals surface area (Å²) in [7, 11) is 1.48. The average molecular weight is 338 g/mol. The topological polar surface area (TPSA) is 53.3 Å². The number of methoxy groups -OCH3 is 1. The van der Waals surface area contributed by atoms with Crippen molar-refractivity contribution in [1.82, 2.24) is 4.90 Å². The van der Waals surface area contributed by atoms with Crippen LogP contribution >= 0.6 is 0 Å². The van der Waals surface area contributed by atoms with Gasteiger partial charge in [0.05, 0.1) is 13.0 Å². The number of hydrogen-bond donors (Lipinski definition) is 0. The minimum Gasteiger partial charge on any atom is -0.469 e. The maximum atomic E-state index is 11.7. The van der Waals surface area contributed by atoms with E-state index in [1.54, 1.807) is 0 Å². The molecular formula is C20H27BN2O2. The summed E-state index contributed by atoms with van der Waals surface area (Å²) in [5.74, 6) is 2.92. The van der Waals surface area contributed by atoms with Crippen molar-refractivity contribution in [1.29, 1.82) is 5.26 Å². The number of aryl methyl sites for hydroxylation is 1. The van der Waals surface area contributed by atoms with Crippen LogP contribution in [0, 0.1) is 24.1 Å². The van der Waals surface area contributed by atoms with Crippen LogP contribution in [0.15, 0.2) is 18.2 Å². The molecule has 0 N–H and O–H groups in total. The Kier molecular flexibility index (Phi) is 5.49. The summed E-state index contributed by atoms with van der Waals surface area (Å²) in [6, 6.07) is 7.19. The van der Waals surface area contributed by atoms with E-state index in [0.717, 1.165) is 38.6 Å². The van der Waals surface area contributed by atoms with E-state index < -0.39 is 0 Å². The monoisotopic (exact) mass is 338 g/mol. The number of carbonyl (C=O) groups excluding carboxylic acids is 1. The third-order valence-corrected chi connectivity index (χ3v) is 6.15. The van der Waals surface area contributed by atoms with Gasteiger partial charge in [0.1, 0.15) is 0 Å². The van der Waals surface area contributed by atoms with E-state index in [-0.39, 0.29) is 18.6 Å². The first-order valence-electron chi connectivity index (χ1n) is 9.35. The lowest BCUT2D eigenvalue weighted by Crippen LogP contribution is -2.38. The SMILES string of the molecule is COC(=O)C1CCN(C(C)c2ccc(C3CB(C#N)C3)cc2C)CC1. The molecule has 2 aliphatic rings. The van der Waals surface area contributed by atoms with E-state index in [1.807, 2.05) is 0 Å². The van der Waals surface area contributed by atoms with Gasteiger partial charge in [-0.25, -0.2) is 5.26 Å². The molecule has 0 radical (unpaired) electrons. The van der Waals surface area contributed by atoms with Crippen LogP contribution in [0.3, 0.4) is 0 Å². The van der Waals surface area contributed by atoms with E-state index >= 15 is 0 Å². The molecule has 1 aromatic carbocycles. The molecule has 0 saturated carbocycles. The zero-order chi connectivity index (χ0) is 18.0. The molecule has 25 heavy (non-hydrogen) atoms. The highest BCUT2D eigenvalue weighted by Gasteiger charge is 2.34. The first-order valence-corrected chi connectivity index (χ1v) is 9.35. The number of nitriles is 1. The van der Waals surface area contributed by atoms with Gasteiger partial charge in [0.25, 0.3) is 6.71 Å². The Morgan fingerprint density at radius 3 is 2.60 bits per heavy atom. The predicted octanol–water partition coefficient (Wildman–Crippen LogP) is 3.60. The van der Waals surface area contributed by atoms with E-state index in [1.165, 1.54) is 23.8 Å². The van der Waals surface area contributed by atoms with Gasteiger partial charge in [-0.2, -0.15) is 0 Å². The molecule has 0 spiro atoms. The fraction of sp³-hybridized carbons (Fsp3) is 0.600. The van der Waals surface area contributed by atoms with Crippen LogP contribution in [-0.4, -0.2) is 37.8 Å². The van der Waals surface area contributed by atoms with Crippen molar-refractivity contribution in [3.63, 3.8) is 0 Å². The number of ether oxygens (including phenoxy) is 1. The number of piperidine rings is 1. The fourth-order valence-electron chi connectivity index (χ4n) is 4.30. The molecule has 1 aromatic rings. The van der Waals surface area contributed by atoms with Crippen LogP contribution in [0.2, 0.25) is 12.6 Å². The highest BCUT2D eigenvalue weighted by molar-refractivity contribution is 6.70. The van der Waals surface area contributed by atoms with Gasteiger partial charge in [-0.15, -0.1) is 0 Å². The van der Waals surface area contributed by atoms with Gasteiger partial charge >= 0.3 is 5.97 Å². The highest BCUT2D eigenvalue weighted by Crippen LogP contribution is 2.39. The lowest BCUT2D eigenvalue weighted by Gasteiger charge is -2.36. The van der Waals surface area contributed by atoms with Gasteiger partial charge in [-0.05, 0) is 62.4 Å². The molecule has 1 atom stereocenters. The molecule has 2 saturated heterocycles. The van der Waals surface area contributed by atoms with E-state index in [9.17, 15) is 4.79 Å². The maximum absolute atomic E-state index is 11.7. The van der Waals surface area contributed by atoms with Gasteiger partial charge in [0.15, 0.2) is 0 Å². The molecule has 132 valence electrons. The molecule has 0 aliphatic carbocycles. The first-order chi connectivity index (χ1) is 12.0. The molecule has 2 aliphatic heterocycles. The van der Waals surface area contributed by atoms with Crippen LogP contribution < -0.4 is 0 Å². The van der Waals surface area contributed by atoms with Crippen LogP contribution in [0.5, 0.6) is 0 Å². The molecule has 0 aromatic heterocycles. The summed E-state index contributed by atoms with van der Waals surface area (Å²) in [4.78, 5) is 14.2. The number of likely N-dealkylation sites (tertiary alicyclic amines) is 1. The number of carbonyl (C=O) groups is 1. The molecule has 5 heteroatoms. The van der Waals surface area contributed by atoms with Crippen LogP contribution in [0.25, 0.3) is 0 Å². The summed E-state index contributed by atoms with van der Waals surface area (Å²) in [6.07, 6.45) is 3.77. The third kappa shape index (κ3) is 3.74. The smallest absolute Gasteiger partial charge is 0.308 e.